The molecular formula is C21H15Cl2N3O5. The molecule has 0 aliphatic heterocycles. The zero-order valence-electron chi connectivity index (χ0n) is 16.3. The summed E-state index contributed by atoms with van der Waals surface area (Å²) in [4.78, 5) is 25.1. The molecule has 0 unspecified atom stereocenters. The fraction of sp³-hybridized carbons (Fsp3) is 0.0952. The van der Waals surface area contributed by atoms with Crippen LogP contribution in [0.1, 0.15) is 16.7 Å². The molecule has 0 aromatic heterocycles. The lowest BCUT2D eigenvalue weighted by Gasteiger charge is -2.11. The number of benzene rings is 3. The monoisotopic (exact) mass is 459 g/mol. The number of ether oxygens (including phenoxy) is 1. The SMILES string of the molecule is Cc1ccc(C)c(N=Cc2cc(Cl)c(Oc3ccc([N+](=O)[O-])cc3[N+](=O)[O-])c(Cl)c2)c1. The van der Waals surface area contributed by atoms with E-state index in [1.54, 1.807) is 18.3 Å². The lowest BCUT2D eigenvalue weighted by Crippen LogP contribution is -1.97. The van der Waals surface area contributed by atoms with E-state index in [4.69, 9.17) is 27.9 Å². The summed E-state index contributed by atoms with van der Waals surface area (Å²) >= 11 is 12.6. The van der Waals surface area contributed by atoms with E-state index in [-0.39, 0.29) is 21.5 Å². The Morgan fingerprint density at radius 3 is 2.23 bits per heavy atom. The second kappa shape index (κ2) is 9.11. The van der Waals surface area contributed by atoms with Gasteiger partial charge in [0.15, 0.2) is 5.75 Å². The molecule has 0 radical (unpaired) electrons. The van der Waals surface area contributed by atoms with Crippen LogP contribution in [0.5, 0.6) is 11.5 Å². The minimum absolute atomic E-state index is 0.0100. The van der Waals surface area contributed by atoms with E-state index in [0.29, 0.717) is 5.56 Å². The molecule has 158 valence electrons. The Kier molecular flexibility index (Phi) is 6.53. The van der Waals surface area contributed by atoms with E-state index < -0.39 is 21.2 Å². The molecule has 0 saturated carbocycles. The summed E-state index contributed by atoms with van der Waals surface area (Å²) in [6, 6.07) is 12.0. The second-order valence-electron chi connectivity index (χ2n) is 6.63. The van der Waals surface area contributed by atoms with Crippen LogP contribution in [0.2, 0.25) is 10.0 Å². The first-order valence-electron chi connectivity index (χ1n) is 8.86. The third-order valence-electron chi connectivity index (χ3n) is 4.30. The summed E-state index contributed by atoms with van der Waals surface area (Å²) < 4.78 is 5.55. The average molecular weight is 460 g/mol. The number of nitrogens with zero attached hydrogens (tertiary/aromatic N) is 3. The Hall–Kier alpha value is -3.49. The van der Waals surface area contributed by atoms with Crippen LogP contribution in [0.15, 0.2) is 53.5 Å². The molecule has 0 heterocycles. The summed E-state index contributed by atoms with van der Waals surface area (Å²) in [7, 11) is 0. The zero-order chi connectivity index (χ0) is 22.7. The van der Waals surface area contributed by atoms with Crippen molar-refractivity contribution in [3.8, 4) is 11.5 Å². The number of non-ortho nitro benzene ring substituents is 1. The number of halogens is 2. The largest absolute Gasteiger partial charge is 0.447 e. The molecule has 0 aliphatic carbocycles. The molecule has 0 atom stereocenters. The molecule has 10 heteroatoms. The Balaban J connectivity index is 1.93. The number of rotatable bonds is 6. The van der Waals surface area contributed by atoms with E-state index in [1.807, 2.05) is 32.0 Å². The molecule has 0 saturated heterocycles. The number of hydrogen-bond acceptors (Lipinski definition) is 6. The van der Waals surface area contributed by atoms with Crippen molar-refractivity contribution in [2.45, 2.75) is 13.8 Å². The summed E-state index contributed by atoms with van der Waals surface area (Å²) in [6.45, 7) is 3.91. The fourth-order valence-corrected chi connectivity index (χ4v) is 3.29. The normalized spacial score (nSPS) is 11.0. The van der Waals surface area contributed by atoms with Gasteiger partial charge in [-0.3, -0.25) is 25.2 Å². The summed E-state index contributed by atoms with van der Waals surface area (Å²) in [5.41, 5.74) is 2.46. The number of aliphatic imine (C=N–C) groups is 1. The third kappa shape index (κ3) is 5.17. The van der Waals surface area contributed by atoms with Crippen LogP contribution in [0.3, 0.4) is 0 Å². The van der Waals surface area contributed by atoms with Gasteiger partial charge in [0.05, 0.1) is 31.6 Å². The number of aryl methyl sites for hydroxylation is 2. The molecule has 0 N–H and O–H groups in total. The van der Waals surface area contributed by atoms with E-state index >= 15 is 0 Å². The van der Waals surface area contributed by atoms with Crippen molar-refractivity contribution in [3.05, 3.63) is 95.5 Å². The lowest BCUT2D eigenvalue weighted by atomic mass is 10.1. The molecule has 0 amide bonds. The summed E-state index contributed by atoms with van der Waals surface area (Å²) in [5, 5.41) is 22.4. The Labute approximate surface area is 187 Å². The lowest BCUT2D eigenvalue weighted by molar-refractivity contribution is -0.394. The first kappa shape index (κ1) is 22.2. The van der Waals surface area contributed by atoms with E-state index in [9.17, 15) is 20.2 Å². The first-order valence-corrected chi connectivity index (χ1v) is 9.62. The quantitative estimate of drug-likeness (QED) is 0.224. The van der Waals surface area contributed by atoms with Crippen molar-refractivity contribution in [2.75, 3.05) is 0 Å². The van der Waals surface area contributed by atoms with Crippen LogP contribution in [-0.2, 0) is 0 Å². The van der Waals surface area contributed by atoms with Crippen molar-refractivity contribution < 1.29 is 14.6 Å². The van der Waals surface area contributed by atoms with Gasteiger partial charge in [0.25, 0.3) is 5.69 Å². The molecule has 31 heavy (non-hydrogen) atoms. The molecule has 0 fully saturated rings. The van der Waals surface area contributed by atoms with Crippen LogP contribution in [0, 0.1) is 34.1 Å². The van der Waals surface area contributed by atoms with Crippen molar-refractivity contribution in [1.29, 1.82) is 0 Å². The maximum Gasteiger partial charge on any atom is 0.318 e. The predicted molar refractivity (Wildman–Crippen MR) is 119 cm³/mol. The van der Waals surface area contributed by atoms with Gasteiger partial charge in [0.2, 0.25) is 5.75 Å². The maximum atomic E-state index is 11.3. The fourth-order valence-electron chi connectivity index (χ4n) is 2.71. The van der Waals surface area contributed by atoms with E-state index in [1.165, 1.54) is 0 Å². The van der Waals surface area contributed by atoms with Crippen LogP contribution >= 0.6 is 23.2 Å². The van der Waals surface area contributed by atoms with Gasteiger partial charge in [-0.2, -0.15) is 0 Å². The van der Waals surface area contributed by atoms with Gasteiger partial charge in [-0.1, -0.05) is 35.3 Å². The van der Waals surface area contributed by atoms with Crippen LogP contribution < -0.4 is 4.74 Å². The van der Waals surface area contributed by atoms with Gasteiger partial charge in [-0.05, 0) is 54.8 Å². The predicted octanol–water partition coefficient (Wildman–Crippen LogP) is 6.97. The van der Waals surface area contributed by atoms with Crippen molar-refractivity contribution in [1.82, 2.24) is 0 Å². The molecule has 3 rings (SSSR count). The Bertz CT molecular complexity index is 1200. The third-order valence-corrected chi connectivity index (χ3v) is 4.86. The highest BCUT2D eigenvalue weighted by Gasteiger charge is 2.23. The van der Waals surface area contributed by atoms with Crippen molar-refractivity contribution in [2.24, 2.45) is 4.99 Å². The topological polar surface area (TPSA) is 108 Å². The number of hydrogen-bond donors (Lipinski definition) is 0. The molecule has 0 bridgehead atoms. The Morgan fingerprint density at radius 1 is 0.935 bits per heavy atom. The minimum Gasteiger partial charge on any atom is -0.447 e. The summed E-state index contributed by atoms with van der Waals surface area (Å²) in [6.07, 6.45) is 1.59. The number of nitro benzene ring substituents is 2. The second-order valence-corrected chi connectivity index (χ2v) is 7.44. The standard InChI is InChI=1S/C21H15Cl2N3O5/c1-12-3-4-13(2)18(7-12)24-11-14-8-16(22)21(17(23)9-14)31-20-6-5-15(25(27)28)10-19(20)26(29)30/h3-11H,1-2H3. The maximum absolute atomic E-state index is 11.3. The minimum atomic E-state index is -0.782. The smallest absolute Gasteiger partial charge is 0.318 e. The highest BCUT2D eigenvalue weighted by Crippen LogP contribution is 2.41. The van der Waals surface area contributed by atoms with Gasteiger partial charge < -0.3 is 4.74 Å². The zero-order valence-corrected chi connectivity index (χ0v) is 17.8. The highest BCUT2D eigenvalue weighted by molar-refractivity contribution is 6.37. The van der Waals surface area contributed by atoms with E-state index in [2.05, 4.69) is 4.99 Å². The molecule has 0 spiro atoms. The van der Waals surface area contributed by atoms with Gasteiger partial charge in [-0.15, -0.1) is 0 Å². The van der Waals surface area contributed by atoms with Crippen LogP contribution in [0.25, 0.3) is 0 Å². The number of nitro groups is 2. The molecule has 3 aromatic rings. The van der Waals surface area contributed by atoms with Crippen molar-refractivity contribution >= 4 is 46.5 Å². The highest BCUT2D eigenvalue weighted by atomic mass is 35.5. The van der Waals surface area contributed by atoms with Crippen LogP contribution in [-0.4, -0.2) is 16.1 Å². The molecular weight excluding hydrogens is 445 g/mol. The molecule has 3 aromatic carbocycles. The van der Waals surface area contributed by atoms with Gasteiger partial charge >= 0.3 is 5.69 Å². The van der Waals surface area contributed by atoms with Crippen LogP contribution in [0.4, 0.5) is 17.1 Å². The van der Waals surface area contributed by atoms with Gasteiger partial charge in [-0.25, -0.2) is 0 Å². The van der Waals surface area contributed by atoms with Crippen molar-refractivity contribution in [3.63, 3.8) is 0 Å². The molecule has 8 nitrogen and oxygen atoms in total. The first-order chi connectivity index (χ1) is 14.7. The van der Waals surface area contributed by atoms with Gasteiger partial charge in [0, 0.05) is 12.3 Å². The summed E-state index contributed by atoms with van der Waals surface area (Å²) in [5.74, 6) is -0.236. The molecule has 0 aliphatic rings. The van der Waals surface area contributed by atoms with E-state index in [0.717, 1.165) is 35.0 Å². The van der Waals surface area contributed by atoms with Gasteiger partial charge in [0.1, 0.15) is 0 Å². The Morgan fingerprint density at radius 2 is 1.61 bits per heavy atom. The average Bonchev–Trinajstić information content (AvgIpc) is 2.71.